The molecule has 6 rings (SSSR count). The van der Waals surface area contributed by atoms with Gasteiger partial charge in [0.15, 0.2) is 11.2 Å². The first-order valence-corrected chi connectivity index (χ1v) is 11.1. The summed E-state index contributed by atoms with van der Waals surface area (Å²) >= 11 is 6.82. The second-order valence-corrected chi connectivity index (χ2v) is 10.5. The molecule has 2 aromatic heterocycles. The molecule has 2 atom stereocenters. The van der Waals surface area contributed by atoms with Gasteiger partial charge in [-0.2, -0.15) is 0 Å². The number of hydrogen-bond acceptors (Lipinski definition) is 5. The van der Waals surface area contributed by atoms with E-state index in [0.717, 1.165) is 25.7 Å². The topological polar surface area (TPSA) is 88.1 Å². The lowest BCUT2D eigenvalue weighted by Gasteiger charge is -2.58. The van der Waals surface area contributed by atoms with Crippen LogP contribution in [-0.4, -0.2) is 36.1 Å². The number of carbonyl (C=O) groups excluding carboxylic acids is 1. The Labute approximate surface area is 178 Å². The predicted octanol–water partition coefficient (Wildman–Crippen LogP) is 1.94. The van der Waals surface area contributed by atoms with Crippen LogP contribution in [0.3, 0.4) is 0 Å². The molecule has 0 aromatic carbocycles. The SMILES string of the molecule is Cn1cnc2c1c(=O)n(CCCOC(=O)C13CC4CC(CC(Cl)(C4)C1)C3)c(=O)n2C. The first kappa shape index (κ1) is 19.8. The third-order valence-corrected chi connectivity index (χ3v) is 7.83. The zero-order valence-electron chi connectivity index (χ0n) is 17.4. The minimum atomic E-state index is -0.438. The summed E-state index contributed by atoms with van der Waals surface area (Å²) in [5.74, 6) is 0.913. The van der Waals surface area contributed by atoms with Gasteiger partial charge in [-0.05, 0) is 56.8 Å². The zero-order chi connectivity index (χ0) is 21.3. The number of ether oxygens (including phenoxy) is 1. The molecule has 9 heteroatoms. The maximum atomic E-state index is 13.0. The molecule has 2 unspecified atom stereocenters. The Morgan fingerprint density at radius 2 is 1.93 bits per heavy atom. The minimum Gasteiger partial charge on any atom is -0.465 e. The number of esters is 1. The van der Waals surface area contributed by atoms with Gasteiger partial charge >= 0.3 is 11.7 Å². The Balaban J connectivity index is 1.26. The van der Waals surface area contributed by atoms with E-state index in [0.29, 0.717) is 35.8 Å². The van der Waals surface area contributed by atoms with Crippen molar-refractivity contribution in [3.8, 4) is 0 Å². The average molecular weight is 435 g/mol. The minimum absolute atomic E-state index is 0.149. The predicted molar refractivity (Wildman–Crippen MR) is 111 cm³/mol. The summed E-state index contributed by atoms with van der Waals surface area (Å²) < 4.78 is 9.84. The Morgan fingerprint density at radius 3 is 2.60 bits per heavy atom. The maximum Gasteiger partial charge on any atom is 0.332 e. The fraction of sp³-hybridized carbons (Fsp3) is 0.714. The lowest BCUT2D eigenvalue weighted by atomic mass is 9.49. The standard InChI is InChI=1S/C21H27ClN4O4/c1-24-12-23-16-15(24)17(27)26(19(29)25(16)2)4-3-5-30-18(28)20-7-13-6-14(8-20)10-21(22,9-13)11-20/h12-14H,3-11H2,1-2H3. The summed E-state index contributed by atoms with van der Waals surface area (Å²) in [5.41, 5.74) is -0.471. The Morgan fingerprint density at radius 1 is 1.23 bits per heavy atom. The maximum absolute atomic E-state index is 13.0. The van der Waals surface area contributed by atoms with E-state index in [-0.39, 0.29) is 29.6 Å². The van der Waals surface area contributed by atoms with E-state index < -0.39 is 11.1 Å². The number of fused-ring (bicyclic) bond motifs is 1. The molecule has 4 saturated carbocycles. The molecule has 2 aromatic rings. The van der Waals surface area contributed by atoms with Crippen molar-refractivity contribution in [1.82, 2.24) is 18.7 Å². The van der Waals surface area contributed by atoms with Crippen LogP contribution in [0.4, 0.5) is 0 Å². The molecule has 30 heavy (non-hydrogen) atoms. The molecule has 0 radical (unpaired) electrons. The highest BCUT2D eigenvalue weighted by molar-refractivity contribution is 6.24. The van der Waals surface area contributed by atoms with Crippen LogP contribution < -0.4 is 11.2 Å². The normalized spacial score (nSPS) is 32.1. The largest absolute Gasteiger partial charge is 0.465 e. The summed E-state index contributed by atoms with van der Waals surface area (Å²) in [6, 6.07) is 0. The molecule has 4 aliphatic rings. The van der Waals surface area contributed by atoms with E-state index in [9.17, 15) is 14.4 Å². The van der Waals surface area contributed by atoms with E-state index in [1.807, 2.05) is 0 Å². The summed E-state index contributed by atoms with van der Waals surface area (Å²) in [6.45, 7) is 0.377. The van der Waals surface area contributed by atoms with Gasteiger partial charge in [-0.1, -0.05) is 0 Å². The van der Waals surface area contributed by atoms with Crippen LogP contribution >= 0.6 is 11.6 Å². The Kier molecular flexibility index (Phi) is 4.44. The third-order valence-electron chi connectivity index (χ3n) is 7.38. The number of carbonyl (C=O) groups is 1. The van der Waals surface area contributed by atoms with E-state index in [1.54, 1.807) is 18.7 Å². The molecule has 8 nitrogen and oxygen atoms in total. The number of imidazole rings is 1. The van der Waals surface area contributed by atoms with Crippen LogP contribution in [0, 0.1) is 17.3 Å². The van der Waals surface area contributed by atoms with Gasteiger partial charge in [-0.25, -0.2) is 9.78 Å². The van der Waals surface area contributed by atoms with Gasteiger partial charge in [0.25, 0.3) is 5.56 Å². The summed E-state index contributed by atoms with van der Waals surface area (Å²) in [4.78, 5) is 42.2. The van der Waals surface area contributed by atoms with Crippen molar-refractivity contribution in [3.05, 3.63) is 27.2 Å². The molecule has 0 saturated heterocycles. The van der Waals surface area contributed by atoms with Gasteiger partial charge in [0, 0.05) is 25.5 Å². The molecular weight excluding hydrogens is 408 g/mol. The van der Waals surface area contributed by atoms with E-state index in [1.165, 1.54) is 21.9 Å². The van der Waals surface area contributed by atoms with Crippen LogP contribution in [0.5, 0.6) is 0 Å². The van der Waals surface area contributed by atoms with E-state index in [2.05, 4.69) is 4.98 Å². The van der Waals surface area contributed by atoms with Gasteiger partial charge < -0.3 is 9.30 Å². The van der Waals surface area contributed by atoms with Gasteiger partial charge in [0.1, 0.15) is 0 Å². The fourth-order valence-corrected chi connectivity index (χ4v) is 7.22. The van der Waals surface area contributed by atoms with Crippen LogP contribution in [-0.2, 0) is 30.2 Å². The van der Waals surface area contributed by atoms with Crippen LogP contribution in [0.1, 0.15) is 44.9 Å². The van der Waals surface area contributed by atoms with E-state index >= 15 is 0 Å². The molecule has 2 heterocycles. The van der Waals surface area contributed by atoms with Crippen molar-refractivity contribution >= 4 is 28.7 Å². The van der Waals surface area contributed by atoms with Gasteiger partial charge in [-0.3, -0.25) is 18.7 Å². The van der Waals surface area contributed by atoms with E-state index in [4.69, 9.17) is 16.3 Å². The fourth-order valence-electron chi connectivity index (χ4n) is 6.52. The summed E-state index contributed by atoms with van der Waals surface area (Å²) in [6.07, 6.45) is 7.62. The zero-order valence-corrected chi connectivity index (χ0v) is 18.2. The first-order chi connectivity index (χ1) is 14.2. The van der Waals surface area contributed by atoms with Crippen molar-refractivity contribution in [2.75, 3.05) is 6.61 Å². The highest BCUT2D eigenvalue weighted by Crippen LogP contribution is 2.64. The Hall–Kier alpha value is -2.09. The second kappa shape index (κ2) is 6.70. The molecule has 0 amide bonds. The van der Waals surface area contributed by atoms with Crippen molar-refractivity contribution in [3.63, 3.8) is 0 Å². The molecule has 4 aliphatic carbocycles. The summed E-state index contributed by atoms with van der Waals surface area (Å²) in [5, 5.41) is 0. The van der Waals surface area contributed by atoms with Crippen LogP contribution in [0.25, 0.3) is 11.2 Å². The number of alkyl halides is 1. The molecule has 0 spiro atoms. The highest BCUT2D eigenvalue weighted by Gasteiger charge is 2.60. The molecule has 0 N–H and O–H groups in total. The number of nitrogens with zero attached hydrogens (tertiary/aromatic N) is 4. The van der Waals surface area contributed by atoms with Crippen LogP contribution in [0.15, 0.2) is 15.9 Å². The van der Waals surface area contributed by atoms with Gasteiger partial charge in [-0.15, -0.1) is 11.6 Å². The average Bonchev–Trinajstić information content (AvgIpc) is 3.05. The molecule has 4 bridgehead atoms. The number of aryl methyl sites for hydroxylation is 2. The lowest BCUT2D eigenvalue weighted by Crippen LogP contribution is -2.56. The summed E-state index contributed by atoms with van der Waals surface area (Å²) in [7, 11) is 3.32. The van der Waals surface area contributed by atoms with Crippen molar-refractivity contribution < 1.29 is 9.53 Å². The lowest BCUT2D eigenvalue weighted by molar-refractivity contribution is -0.170. The van der Waals surface area contributed by atoms with Gasteiger partial charge in [0.05, 0.1) is 18.3 Å². The van der Waals surface area contributed by atoms with Crippen molar-refractivity contribution in [1.29, 1.82) is 0 Å². The number of hydrogen-bond donors (Lipinski definition) is 0. The first-order valence-electron chi connectivity index (χ1n) is 10.7. The van der Waals surface area contributed by atoms with Crippen molar-refractivity contribution in [2.45, 2.75) is 56.4 Å². The monoisotopic (exact) mass is 434 g/mol. The number of aromatic nitrogens is 4. The smallest absolute Gasteiger partial charge is 0.332 e. The van der Waals surface area contributed by atoms with Crippen LogP contribution in [0.2, 0.25) is 0 Å². The quantitative estimate of drug-likeness (QED) is 0.407. The van der Waals surface area contributed by atoms with Crippen molar-refractivity contribution in [2.24, 2.45) is 31.3 Å². The second-order valence-electron chi connectivity index (χ2n) is 9.71. The molecule has 0 aliphatic heterocycles. The number of halogens is 1. The molecule has 162 valence electrons. The highest BCUT2D eigenvalue weighted by atomic mass is 35.5. The molecule has 4 fully saturated rings. The number of rotatable bonds is 5. The Bertz CT molecular complexity index is 1130. The van der Waals surface area contributed by atoms with Gasteiger partial charge in [0.2, 0.25) is 0 Å². The molecular formula is C21H27ClN4O4. The third kappa shape index (κ3) is 2.94.